The number of aryl methyl sites for hydroxylation is 1. The summed E-state index contributed by atoms with van der Waals surface area (Å²) < 4.78 is 47.2. The van der Waals surface area contributed by atoms with Gasteiger partial charge < -0.3 is 14.1 Å². The van der Waals surface area contributed by atoms with Crippen LogP contribution in [0, 0.1) is 0 Å². The van der Waals surface area contributed by atoms with E-state index in [0.29, 0.717) is 22.2 Å². The summed E-state index contributed by atoms with van der Waals surface area (Å²) in [5.74, 6) is -1.02. The average molecular weight is 394 g/mol. The molecule has 148 valence electrons. The van der Waals surface area contributed by atoms with Crippen LogP contribution in [0.1, 0.15) is 6.42 Å². The molecule has 1 heterocycles. The van der Waals surface area contributed by atoms with Crippen LogP contribution in [0.2, 0.25) is 0 Å². The average Bonchev–Trinajstić information content (AvgIpc) is 2.93. The molecule has 0 saturated heterocycles. The first-order valence-electron chi connectivity index (χ1n) is 8.34. The predicted octanol–water partition coefficient (Wildman–Crippen LogP) is 3.64. The summed E-state index contributed by atoms with van der Waals surface area (Å²) in [4.78, 5) is 25.3. The van der Waals surface area contributed by atoms with Crippen molar-refractivity contribution in [1.82, 2.24) is 9.47 Å². The van der Waals surface area contributed by atoms with Gasteiger partial charge >= 0.3 is 12.1 Å². The van der Waals surface area contributed by atoms with E-state index >= 15 is 0 Å². The summed E-state index contributed by atoms with van der Waals surface area (Å²) in [5, 5.41) is 0. The molecule has 1 aromatic heterocycles. The summed E-state index contributed by atoms with van der Waals surface area (Å²) >= 11 is 0. The number of aromatic nitrogens is 1. The molecule has 2 aromatic carbocycles. The summed E-state index contributed by atoms with van der Waals surface area (Å²) in [7, 11) is 3.26. The fourth-order valence-corrected chi connectivity index (χ4v) is 2.73. The monoisotopic (exact) mass is 394 g/mol. The number of hydrogen-bond acceptors (Lipinski definition) is 4. The predicted molar refractivity (Wildman–Crippen MR) is 95.9 cm³/mol. The second-order valence-electron chi connectivity index (χ2n) is 6.31. The Hall–Kier alpha value is -3.23. The highest BCUT2D eigenvalue weighted by atomic mass is 19.4. The molecule has 3 rings (SSSR count). The number of halogens is 3. The van der Waals surface area contributed by atoms with Gasteiger partial charge in [0.15, 0.2) is 5.58 Å². The molecule has 6 nitrogen and oxygen atoms in total. The van der Waals surface area contributed by atoms with E-state index in [4.69, 9.17) is 4.42 Å². The van der Waals surface area contributed by atoms with E-state index in [-0.39, 0.29) is 24.6 Å². The number of benzene rings is 2. The van der Waals surface area contributed by atoms with Gasteiger partial charge in [-0.25, -0.2) is 4.79 Å². The Morgan fingerprint density at radius 2 is 1.75 bits per heavy atom. The van der Waals surface area contributed by atoms with E-state index in [1.165, 1.54) is 33.7 Å². The topological polar surface area (TPSA) is 64.7 Å². The summed E-state index contributed by atoms with van der Waals surface area (Å²) in [5.41, 5.74) is 2.19. The minimum Gasteiger partial charge on any atom is -0.408 e. The summed E-state index contributed by atoms with van der Waals surface area (Å²) in [6, 6.07) is 10.4. The van der Waals surface area contributed by atoms with Gasteiger partial charge in [-0.05, 0) is 35.4 Å². The van der Waals surface area contributed by atoms with Crippen LogP contribution < -0.4 is 10.5 Å². The van der Waals surface area contributed by atoms with E-state index in [0.717, 1.165) is 0 Å². The number of rotatable bonds is 5. The largest absolute Gasteiger partial charge is 0.573 e. The van der Waals surface area contributed by atoms with Crippen LogP contribution in [0.15, 0.2) is 51.7 Å². The molecule has 9 heteroatoms. The molecule has 0 aliphatic carbocycles. The maximum Gasteiger partial charge on any atom is 0.573 e. The molecule has 0 aliphatic rings. The molecular formula is C19H17F3N2O4. The van der Waals surface area contributed by atoms with Crippen LogP contribution in [0.25, 0.3) is 22.2 Å². The second-order valence-corrected chi connectivity index (χ2v) is 6.31. The molecule has 28 heavy (non-hydrogen) atoms. The lowest BCUT2D eigenvalue weighted by molar-refractivity contribution is -0.274. The maximum absolute atomic E-state index is 12.3. The standard InChI is InChI=1S/C19H17F3N2O4/c1-23(2)17(25)9-10-24-15-11-13(5-8-16(15)27-18(24)26)12-3-6-14(7-4-12)28-19(20,21)22/h3-8,11H,9-10H2,1-2H3. The molecule has 0 aliphatic heterocycles. The Labute approximate surface area is 157 Å². The van der Waals surface area contributed by atoms with Gasteiger partial charge in [-0.1, -0.05) is 18.2 Å². The zero-order valence-electron chi connectivity index (χ0n) is 15.1. The van der Waals surface area contributed by atoms with Crippen molar-refractivity contribution in [2.75, 3.05) is 14.1 Å². The Bertz CT molecular complexity index is 1050. The van der Waals surface area contributed by atoms with E-state index in [1.807, 2.05) is 0 Å². The van der Waals surface area contributed by atoms with Crippen LogP contribution in [0.5, 0.6) is 5.75 Å². The Kier molecular flexibility index (Phi) is 5.17. The number of oxazole rings is 1. The quantitative estimate of drug-likeness (QED) is 0.663. The zero-order valence-corrected chi connectivity index (χ0v) is 15.1. The van der Waals surface area contributed by atoms with Crippen molar-refractivity contribution < 1.29 is 27.1 Å². The van der Waals surface area contributed by atoms with Crippen molar-refractivity contribution >= 4 is 17.0 Å². The molecule has 3 aromatic rings. The highest BCUT2D eigenvalue weighted by Crippen LogP contribution is 2.28. The fraction of sp³-hybridized carbons (Fsp3) is 0.263. The molecule has 0 atom stereocenters. The lowest BCUT2D eigenvalue weighted by Crippen LogP contribution is -2.25. The molecule has 0 fully saturated rings. The van der Waals surface area contributed by atoms with Gasteiger partial charge in [0.1, 0.15) is 5.75 Å². The van der Waals surface area contributed by atoms with Crippen molar-refractivity contribution in [3.8, 4) is 16.9 Å². The van der Waals surface area contributed by atoms with Gasteiger partial charge in [0.25, 0.3) is 0 Å². The van der Waals surface area contributed by atoms with E-state index in [1.54, 1.807) is 32.3 Å². The third-order valence-corrected chi connectivity index (χ3v) is 4.14. The molecule has 0 spiro atoms. The lowest BCUT2D eigenvalue weighted by atomic mass is 10.1. The molecule has 0 radical (unpaired) electrons. The molecular weight excluding hydrogens is 377 g/mol. The van der Waals surface area contributed by atoms with Gasteiger partial charge in [0.05, 0.1) is 5.52 Å². The second kappa shape index (κ2) is 7.41. The fourth-order valence-electron chi connectivity index (χ4n) is 2.73. The first kappa shape index (κ1) is 19.5. The Balaban J connectivity index is 1.90. The third-order valence-electron chi connectivity index (χ3n) is 4.14. The number of nitrogens with zero attached hydrogens (tertiary/aromatic N) is 2. The summed E-state index contributed by atoms with van der Waals surface area (Å²) in [6.07, 6.45) is -4.62. The molecule has 1 amide bonds. The van der Waals surface area contributed by atoms with Crippen LogP contribution in [0.4, 0.5) is 13.2 Å². The molecule has 0 saturated carbocycles. The minimum absolute atomic E-state index is 0.127. The van der Waals surface area contributed by atoms with Gasteiger partial charge in [0, 0.05) is 27.1 Å². The van der Waals surface area contributed by atoms with Gasteiger partial charge in [0.2, 0.25) is 5.91 Å². The van der Waals surface area contributed by atoms with Crippen molar-refractivity contribution in [3.05, 3.63) is 53.0 Å². The van der Waals surface area contributed by atoms with Crippen LogP contribution in [-0.4, -0.2) is 35.8 Å². The summed E-state index contributed by atoms with van der Waals surface area (Å²) in [6.45, 7) is 0.157. The van der Waals surface area contributed by atoms with E-state index in [2.05, 4.69) is 4.74 Å². The first-order chi connectivity index (χ1) is 13.1. The smallest absolute Gasteiger partial charge is 0.408 e. The number of carbonyl (C=O) groups is 1. The van der Waals surface area contributed by atoms with Crippen molar-refractivity contribution in [1.29, 1.82) is 0 Å². The normalized spacial score (nSPS) is 11.6. The number of hydrogen-bond donors (Lipinski definition) is 0. The lowest BCUT2D eigenvalue weighted by Gasteiger charge is -2.10. The van der Waals surface area contributed by atoms with Crippen LogP contribution >= 0.6 is 0 Å². The molecule has 0 unspecified atom stereocenters. The zero-order chi connectivity index (χ0) is 20.5. The van der Waals surface area contributed by atoms with Gasteiger partial charge in [-0.15, -0.1) is 13.2 Å². The highest BCUT2D eigenvalue weighted by molar-refractivity contribution is 5.81. The van der Waals surface area contributed by atoms with E-state index < -0.39 is 12.1 Å². The van der Waals surface area contributed by atoms with Crippen LogP contribution in [0.3, 0.4) is 0 Å². The maximum atomic E-state index is 12.3. The number of carbonyl (C=O) groups excluding carboxylic acids is 1. The SMILES string of the molecule is CN(C)C(=O)CCn1c(=O)oc2ccc(-c3ccc(OC(F)(F)F)cc3)cc21. The highest BCUT2D eigenvalue weighted by Gasteiger charge is 2.31. The third kappa shape index (κ3) is 4.36. The Morgan fingerprint density at radius 1 is 1.11 bits per heavy atom. The van der Waals surface area contributed by atoms with Gasteiger partial charge in [-0.3, -0.25) is 9.36 Å². The van der Waals surface area contributed by atoms with E-state index in [9.17, 15) is 22.8 Å². The van der Waals surface area contributed by atoms with Crippen molar-refractivity contribution in [3.63, 3.8) is 0 Å². The van der Waals surface area contributed by atoms with Crippen molar-refractivity contribution in [2.45, 2.75) is 19.3 Å². The van der Waals surface area contributed by atoms with Crippen LogP contribution in [-0.2, 0) is 11.3 Å². The number of ether oxygens (including phenoxy) is 1. The minimum atomic E-state index is -4.75. The first-order valence-corrected chi connectivity index (χ1v) is 8.34. The molecule has 0 N–H and O–H groups in total. The number of amides is 1. The Morgan fingerprint density at radius 3 is 2.36 bits per heavy atom. The number of alkyl halides is 3. The van der Waals surface area contributed by atoms with Gasteiger partial charge in [-0.2, -0.15) is 0 Å². The molecule has 0 bridgehead atoms. The van der Waals surface area contributed by atoms with Crippen molar-refractivity contribution in [2.24, 2.45) is 0 Å². The number of fused-ring (bicyclic) bond motifs is 1.